The van der Waals surface area contributed by atoms with Gasteiger partial charge in [0, 0.05) is 31.4 Å². The van der Waals surface area contributed by atoms with Crippen LogP contribution < -0.4 is 5.32 Å². The van der Waals surface area contributed by atoms with E-state index in [9.17, 15) is 9.59 Å². The van der Waals surface area contributed by atoms with Crippen molar-refractivity contribution in [1.29, 1.82) is 0 Å². The van der Waals surface area contributed by atoms with E-state index in [0.717, 1.165) is 40.6 Å². The predicted octanol–water partition coefficient (Wildman–Crippen LogP) is 3.09. The Morgan fingerprint density at radius 2 is 2.00 bits per heavy atom. The van der Waals surface area contributed by atoms with Gasteiger partial charge in [-0.25, -0.2) is 4.98 Å². The van der Waals surface area contributed by atoms with Crippen molar-refractivity contribution in [2.75, 3.05) is 25.9 Å². The fraction of sp³-hybridized carbons (Fsp3) is 0.350. The molecule has 9 heteroatoms. The molecule has 3 heterocycles. The van der Waals surface area contributed by atoms with Crippen LogP contribution in [0.5, 0.6) is 0 Å². The van der Waals surface area contributed by atoms with Crippen molar-refractivity contribution in [3.8, 4) is 0 Å². The largest absolute Gasteiger partial charge is 0.352 e. The van der Waals surface area contributed by atoms with Crippen molar-refractivity contribution in [2.45, 2.75) is 17.9 Å². The molecule has 2 aromatic heterocycles. The molecule has 0 radical (unpaired) electrons. The van der Waals surface area contributed by atoms with Gasteiger partial charge in [0.25, 0.3) is 11.8 Å². The van der Waals surface area contributed by atoms with E-state index < -0.39 is 0 Å². The molecule has 3 aromatic rings. The predicted molar refractivity (Wildman–Crippen MR) is 114 cm³/mol. The molecule has 150 valence electrons. The molecule has 1 aliphatic heterocycles. The zero-order chi connectivity index (χ0) is 20.2. The number of benzene rings is 1. The summed E-state index contributed by atoms with van der Waals surface area (Å²) in [6.45, 7) is 1.99. The fourth-order valence-electron chi connectivity index (χ4n) is 3.49. The van der Waals surface area contributed by atoms with E-state index in [1.165, 1.54) is 11.8 Å². The number of amides is 2. The van der Waals surface area contributed by atoms with Gasteiger partial charge in [-0.15, -0.1) is 11.8 Å². The Morgan fingerprint density at radius 1 is 1.21 bits per heavy atom. The topological polar surface area (TPSA) is 88.1 Å². The second-order valence-corrected chi connectivity index (χ2v) is 8.30. The maximum Gasteiger partial charge on any atom is 0.256 e. The van der Waals surface area contributed by atoms with E-state index in [2.05, 4.69) is 19.0 Å². The molecule has 2 amide bonds. The van der Waals surface area contributed by atoms with Gasteiger partial charge in [0.1, 0.15) is 16.1 Å². The first-order valence-corrected chi connectivity index (χ1v) is 11.4. The molecular weight excluding hydrogens is 406 g/mol. The number of carbonyl (C=O) groups excluding carboxylic acids is 2. The van der Waals surface area contributed by atoms with Crippen LogP contribution in [0.3, 0.4) is 0 Å². The summed E-state index contributed by atoms with van der Waals surface area (Å²) in [4.78, 5) is 31.4. The van der Waals surface area contributed by atoms with Crippen LogP contribution in [0.4, 0.5) is 0 Å². The minimum atomic E-state index is -0.0987. The average molecular weight is 428 g/mol. The Morgan fingerprint density at radius 3 is 2.79 bits per heavy atom. The Hall–Kier alpha value is -2.52. The number of likely N-dealkylation sites (tertiary alicyclic amines) is 1. The number of aromatic nitrogens is 3. The maximum atomic E-state index is 12.8. The SMILES string of the molecule is CSc1ncccc1C(=O)N1CCC(CNC(=O)c2ccc3nsnc3c2)CC1. The molecule has 1 aliphatic rings. The molecule has 29 heavy (non-hydrogen) atoms. The van der Waals surface area contributed by atoms with Crippen LogP contribution in [-0.2, 0) is 0 Å². The summed E-state index contributed by atoms with van der Waals surface area (Å²) >= 11 is 2.63. The Kier molecular flexibility index (Phi) is 6.05. The number of fused-ring (bicyclic) bond motifs is 1. The molecule has 0 unspecified atom stereocenters. The van der Waals surface area contributed by atoms with Crippen molar-refractivity contribution >= 4 is 46.3 Å². The van der Waals surface area contributed by atoms with Crippen LogP contribution in [0.1, 0.15) is 33.6 Å². The molecule has 1 saturated heterocycles. The lowest BCUT2D eigenvalue weighted by molar-refractivity contribution is 0.0680. The molecule has 1 fully saturated rings. The van der Waals surface area contributed by atoms with Gasteiger partial charge in [-0.2, -0.15) is 8.75 Å². The first-order chi connectivity index (χ1) is 14.2. The monoisotopic (exact) mass is 427 g/mol. The summed E-state index contributed by atoms with van der Waals surface area (Å²) in [5.41, 5.74) is 2.81. The molecule has 1 N–H and O–H groups in total. The second-order valence-electron chi connectivity index (χ2n) is 6.97. The number of hydrogen-bond acceptors (Lipinski definition) is 7. The molecular formula is C20H21N5O2S2. The molecule has 0 saturated carbocycles. The van der Waals surface area contributed by atoms with Gasteiger partial charge in [0.05, 0.1) is 17.3 Å². The summed E-state index contributed by atoms with van der Waals surface area (Å²) in [6, 6.07) is 9.00. The molecule has 0 atom stereocenters. The third kappa shape index (κ3) is 4.40. The van der Waals surface area contributed by atoms with E-state index in [-0.39, 0.29) is 11.8 Å². The lowest BCUT2D eigenvalue weighted by Crippen LogP contribution is -2.41. The highest BCUT2D eigenvalue weighted by Crippen LogP contribution is 2.23. The van der Waals surface area contributed by atoms with Crippen LogP contribution >= 0.6 is 23.5 Å². The standard InChI is InChI=1S/C20H21N5O2S2/c1-28-19-15(3-2-8-21-19)20(27)25-9-6-13(7-10-25)12-22-18(26)14-4-5-16-17(11-14)24-29-23-16/h2-5,8,11,13H,6-7,9-10,12H2,1H3,(H,22,26). The molecule has 7 nitrogen and oxygen atoms in total. The van der Waals surface area contributed by atoms with Gasteiger partial charge in [-0.3, -0.25) is 9.59 Å². The van der Waals surface area contributed by atoms with E-state index in [1.807, 2.05) is 23.3 Å². The first-order valence-electron chi connectivity index (χ1n) is 9.44. The van der Waals surface area contributed by atoms with Crippen molar-refractivity contribution in [1.82, 2.24) is 23.9 Å². The second kappa shape index (κ2) is 8.87. The van der Waals surface area contributed by atoms with Crippen LogP contribution in [0.15, 0.2) is 41.6 Å². The van der Waals surface area contributed by atoms with Crippen LogP contribution in [0, 0.1) is 5.92 Å². The van der Waals surface area contributed by atoms with E-state index in [0.29, 0.717) is 36.7 Å². The highest BCUT2D eigenvalue weighted by Gasteiger charge is 2.25. The number of piperidine rings is 1. The Balaban J connectivity index is 1.29. The van der Waals surface area contributed by atoms with Gasteiger partial charge in [0.15, 0.2) is 0 Å². The van der Waals surface area contributed by atoms with Crippen LogP contribution in [-0.4, -0.2) is 56.3 Å². The fourth-order valence-corrected chi connectivity index (χ4v) is 4.55. The lowest BCUT2D eigenvalue weighted by atomic mass is 9.96. The van der Waals surface area contributed by atoms with Crippen LogP contribution in [0.2, 0.25) is 0 Å². The number of pyridine rings is 1. The van der Waals surface area contributed by atoms with E-state index in [4.69, 9.17) is 0 Å². The summed E-state index contributed by atoms with van der Waals surface area (Å²) < 4.78 is 8.33. The number of nitrogens with zero attached hydrogens (tertiary/aromatic N) is 4. The van der Waals surface area contributed by atoms with Crippen molar-refractivity contribution in [3.63, 3.8) is 0 Å². The van der Waals surface area contributed by atoms with Gasteiger partial charge < -0.3 is 10.2 Å². The van der Waals surface area contributed by atoms with Crippen molar-refractivity contribution < 1.29 is 9.59 Å². The first kappa shape index (κ1) is 19.8. The van der Waals surface area contributed by atoms with E-state index >= 15 is 0 Å². The van der Waals surface area contributed by atoms with Crippen molar-refractivity contribution in [3.05, 3.63) is 47.7 Å². The highest BCUT2D eigenvalue weighted by molar-refractivity contribution is 7.98. The number of hydrogen-bond donors (Lipinski definition) is 1. The maximum absolute atomic E-state index is 12.8. The molecule has 1 aromatic carbocycles. The summed E-state index contributed by atoms with van der Waals surface area (Å²) in [5.74, 6) is 0.301. The van der Waals surface area contributed by atoms with Crippen molar-refractivity contribution in [2.24, 2.45) is 5.92 Å². The zero-order valence-electron chi connectivity index (χ0n) is 16.0. The van der Waals surface area contributed by atoms with Gasteiger partial charge in [-0.1, -0.05) is 0 Å². The summed E-state index contributed by atoms with van der Waals surface area (Å²) in [6.07, 6.45) is 5.38. The molecule has 4 rings (SSSR count). The zero-order valence-corrected chi connectivity index (χ0v) is 17.6. The van der Waals surface area contributed by atoms with Gasteiger partial charge in [-0.05, 0) is 55.3 Å². The Bertz CT molecular complexity index is 1030. The quantitative estimate of drug-likeness (QED) is 0.630. The highest BCUT2D eigenvalue weighted by atomic mass is 32.2. The minimum Gasteiger partial charge on any atom is -0.352 e. The normalized spacial score (nSPS) is 14.9. The summed E-state index contributed by atoms with van der Waals surface area (Å²) in [7, 11) is 0. The minimum absolute atomic E-state index is 0.0371. The lowest BCUT2D eigenvalue weighted by Gasteiger charge is -2.32. The van der Waals surface area contributed by atoms with Gasteiger partial charge >= 0.3 is 0 Å². The third-order valence-corrected chi connectivity index (χ3v) is 6.43. The molecule has 0 bridgehead atoms. The molecule has 0 aliphatic carbocycles. The molecule has 0 spiro atoms. The van der Waals surface area contributed by atoms with Gasteiger partial charge in [0.2, 0.25) is 0 Å². The van der Waals surface area contributed by atoms with Crippen LogP contribution in [0.25, 0.3) is 11.0 Å². The smallest absolute Gasteiger partial charge is 0.256 e. The number of thioether (sulfide) groups is 1. The summed E-state index contributed by atoms with van der Waals surface area (Å²) in [5, 5.41) is 3.78. The number of nitrogens with one attached hydrogen (secondary N) is 1. The number of carbonyl (C=O) groups is 2. The van der Waals surface area contributed by atoms with E-state index in [1.54, 1.807) is 24.4 Å². The number of rotatable bonds is 5. The Labute approximate surface area is 177 Å². The third-order valence-electron chi connectivity index (χ3n) is 5.16. The average Bonchev–Trinajstić information content (AvgIpc) is 3.25.